The van der Waals surface area contributed by atoms with E-state index in [-0.39, 0.29) is 5.75 Å². The number of phenolic OH excluding ortho intramolecular Hbond substituents is 1. The van der Waals surface area contributed by atoms with Gasteiger partial charge in [-0.3, -0.25) is 0 Å². The number of aromatic hydroxyl groups is 1. The number of benzene rings is 2. The topological polar surface area (TPSA) is 56.0 Å². The molecule has 0 fully saturated rings. The smallest absolute Gasteiger partial charge is 0.115 e. The Balaban J connectivity index is 1.98. The molecule has 2 aromatic carbocycles. The maximum Gasteiger partial charge on any atom is 0.115 e. The second-order valence-electron chi connectivity index (χ2n) is 4.50. The van der Waals surface area contributed by atoms with E-state index in [0.29, 0.717) is 5.56 Å². The molecular formula is C16H16N2O. The van der Waals surface area contributed by atoms with Crippen molar-refractivity contribution in [1.29, 1.82) is 5.26 Å². The fraction of sp³-hybridized carbons (Fsp3) is 0.188. The van der Waals surface area contributed by atoms with Crippen molar-refractivity contribution in [1.82, 2.24) is 0 Å². The standard InChI is InChI=1S/C16H16N2O/c1-12-2-5-14(11-17)16(10-12)18-9-8-13-3-6-15(19)7-4-13/h2-7,10,18-19H,8-9H2,1H3. The van der Waals surface area contributed by atoms with Crippen LogP contribution in [0.4, 0.5) is 5.69 Å². The van der Waals surface area contributed by atoms with Crippen LogP contribution < -0.4 is 5.32 Å². The molecule has 2 rings (SSSR count). The van der Waals surface area contributed by atoms with E-state index in [1.807, 2.05) is 37.3 Å². The average molecular weight is 252 g/mol. The van der Waals surface area contributed by atoms with Crippen LogP contribution in [0.5, 0.6) is 5.75 Å². The van der Waals surface area contributed by atoms with E-state index in [2.05, 4.69) is 11.4 Å². The Kier molecular flexibility index (Phi) is 4.04. The van der Waals surface area contributed by atoms with Crippen LogP contribution in [0.25, 0.3) is 0 Å². The maximum absolute atomic E-state index is 9.21. The summed E-state index contributed by atoms with van der Waals surface area (Å²) in [6.45, 7) is 2.76. The second-order valence-corrected chi connectivity index (χ2v) is 4.50. The van der Waals surface area contributed by atoms with Gasteiger partial charge in [0.2, 0.25) is 0 Å². The van der Waals surface area contributed by atoms with E-state index < -0.39 is 0 Å². The lowest BCUT2D eigenvalue weighted by atomic mass is 10.1. The van der Waals surface area contributed by atoms with Gasteiger partial charge in [0, 0.05) is 6.54 Å². The third-order valence-electron chi connectivity index (χ3n) is 2.96. The Labute approximate surface area is 113 Å². The molecular weight excluding hydrogens is 236 g/mol. The van der Waals surface area contributed by atoms with Crippen molar-refractivity contribution in [2.45, 2.75) is 13.3 Å². The van der Waals surface area contributed by atoms with Crippen molar-refractivity contribution in [2.24, 2.45) is 0 Å². The first-order chi connectivity index (χ1) is 9.19. The number of hydrogen-bond donors (Lipinski definition) is 2. The third kappa shape index (κ3) is 3.49. The Morgan fingerprint density at radius 3 is 2.58 bits per heavy atom. The highest BCUT2D eigenvalue weighted by atomic mass is 16.3. The number of phenols is 1. The fourth-order valence-electron chi connectivity index (χ4n) is 1.91. The molecule has 96 valence electrons. The lowest BCUT2D eigenvalue weighted by Gasteiger charge is -2.09. The van der Waals surface area contributed by atoms with Crippen LogP contribution in [-0.2, 0) is 6.42 Å². The van der Waals surface area contributed by atoms with Gasteiger partial charge in [0.15, 0.2) is 0 Å². The summed E-state index contributed by atoms with van der Waals surface area (Å²) >= 11 is 0. The summed E-state index contributed by atoms with van der Waals surface area (Å²) in [6.07, 6.45) is 0.846. The molecule has 0 heterocycles. The minimum atomic E-state index is 0.280. The minimum absolute atomic E-state index is 0.280. The van der Waals surface area contributed by atoms with Crippen LogP contribution in [-0.4, -0.2) is 11.7 Å². The molecule has 0 aliphatic carbocycles. The van der Waals surface area contributed by atoms with Crippen molar-refractivity contribution in [3.63, 3.8) is 0 Å². The van der Waals surface area contributed by atoms with Gasteiger partial charge in [-0.2, -0.15) is 5.26 Å². The second kappa shape index (κ2) is 5.92. The first kappa shape index (κ1) is 13.0. The normalized spacial score (nSPS) is 9.89. The van der Waals surface area contributed by atoms with E-state index in [4.69, 9.17) is 5.26 Å². The van der Waals surface area contributed by atoms with Gasteiger partial charge in [-0.15, -0.1) is 0 Å². The molecule has 0 atom stereocenters. The van der Waals surface area contributed by atoms with Gasteiger partial charge in [0.05, 0.1) is 11.3 Å². The van der Waals surface area contributed by atoms with Crippen LogP contribution in [0.1, 0.15) is 16.7 Å². The zero-order valence-electron chi connectivity index (χ0n) is 10.9. The zero-order valence-corrected chi connectivity index (χ0v) is 10.9. The first-order valence-electron chi connectivity index (χ1n) is 6.21. The van der Waals surface area contributed by atoms with Crippen molar-refractivity contribution in [3.05, 3.63) is 59.2 Å². The largest absolute Gasteiger partial charge is 0.508 e. The van der Waals surface area contributed by atoms with Gasteiger partial charge in [0.25, 0.3) is 0 Å². The third-order valence-corrected chi connectivity index (χ3v) is 2.96. The number of nitrogens with one attached hydrogen (secondary N) is 1. The molecule has 2 N–H and O–H groups in total. The molecule has 0 aliphatic rings. The van der Waals surface area contributed by atoms with Gasteiger partial charge in [-0.1, -0.05) is 18.2 Å². The molecule has 3 nitrogen and oxygen atoms in total. The van der Waals surface area contributed by atoms with Crippen LogP contribution in [0.2, 0.25) is 0 Å². The van der Waals surface area contributed by atoms with E-state index in [0.717, 1.165) is 29.8 Å². The molecule has 2 aromatic rings. The van der Waals surface area contributed by atoms with Gasteiger partial charge in [0.1, 0.15) is 11.8 Å². The maximum atomic E-state index is 9.21. The molecule has 0 saturated carbocycles. The van der Waals surface area contributed by atoms with Crippen molar-refractivity contribution < 1.29 is 5.11 Å². The Morgan fingerprint density at radius 1 is 1.16 bits per heavy atom. The van der Waals surface area contributed by atoms with Gasteiger partial charge in [-0.05, 0) is 48.7 Å². The summed E-state index contributed by atoms with van der Waals surface area (Å²) in [5.41, 5.74) is 3.82. The van der Waals surface area contributed by atoms with E-state index >= 15 is 0 Å². The molecule has 0 saturated heterocycles. The van der Waals surface area contributed by atoms with Gasteiger partial charge >= 0.3 is 0 Å². The number of nitriles is 1. The molecule has 0 bridgehead atoms. The summed E-state index contributed by atoms with van der Waals surface area (Å²) in [4.78, 5) is 0. The minimum Gasteiger partial charge on any atom is -0.508 e. The predicted octanol–water partition coefficient (Wildman–Crippen LogP) is 3.23. The van der Waals surface area contributed by atoms with E-state index in [9.17, 15) is 5.11 Å². The fourth-order valence-corrected chi connectivity index (χ4v) is 1.91. The summed E-state index contributed by atoms with van der Waals surface area (Å²) < 4.78 is 0. The molecule has 0 aromatic heterocycles. The lowest BCUT2D eigenvalue weighted by molar-refractivity contribution is 0.475. The number of nitrogens with zero attached hydrogens (tertiary/aromatic N) is 1. The van der Waals surface area contributed by atoms with E-state index in [1.165, 1.54) is 0 Å². The van der Waals surface area contributed by atoms with Crippen molar-refractivity contribution >= 4 is 5.69 Å². The Morgan fingerprint density at radius 2 is 1.89 bits per heavy atom. The van der Waals surface area contributed by atoms with Gasteiger partial charge < -0.3 is 10.4 Å². The molecule has 0 spiro atoms. The lowest BCUT2D eigenvalue weighted by Crippen LogP contribution is -2.06. The summed E-state index contributed by atoms with van der Waals surface area (Å²) in [7, 11) is 0. The average Bonchev–Trinajstić information content (AvgIpc) is 2.41. The number of aryl methyl sites for hydroxylation is 1. The first-order valence-corrected chi connectivity index (χ1v) is 6.21. The monoisotopic (exact) mass is 252 g/mol. The predicted molar refractivity (Wildman–Crippen MR) is 76.2 cm³/mol. The molecule has 0 aliphatic heterocycles. The summed E-state index contributed by atoms with van der Waals surface area (Å²) in [6, 6.07) is 15.1. The SMILES string of the molecule is Cc1ccc(C#N)c(NCCc2ccc(O)cc2)c1. The van der Waals surface area contributed by atoms with Gasteiger partial charge in [-0.25, -0.2) is 0 Å². The van der Waals surface area contributed by atoms with Crippen LogP contribution in [0.3, 0.4) is 0 Å². The number of rotatable bonds is 4. The van der Waals surface area contributed by atoms with Crippen molar-refractivity contribution in [3.8, 4) is 11.8 Å². The highest BCUT2D eigenvalue weighted by molar-refractivity contribution is 5.58. The Hall–Kier alpha value is -2.47. The van der Waals surface area contributed by atoms with Crippen LogP contribution in [0.15, 0.2) is 42.5 Å². The summed E-state index contributed by atoms with van der Waals surface area (Å²) in [5, 5.41) is 21.5. The molecule has 19 heavy (non-hydrogen) atoms. The molecule has 0 amide bonds. The summed E-state index contributed by atoms with van der Waals surface area (Å²) in [5.74, 6) is 0.280. The molecule has 0 unspecified atom stereocenters. The quantitative estimate of drug-likeness (QED) is 0.878. The highest BCUT2D eigenvalue weighted by Crippen LogP contribution is 2.17. The van der Waals surface area contributed by atoms with Crippen molar-refractivity contribution in [2.75, 3.05) is 11.9 Å². The molecule has 0 radical (unpaired) electrons. The number of hydrogen-bond acceptors (Lipinski definition) is 3. The number of anilines is 1. The highest BCUT2D eigenvalue weighted by Gasteiger charge is 2.01. The van der Waals surface area contributed by atoms with Crippen LogP contribution in [0, 0.1) is 18.3 Å². The molecule has 3 heteroatoms. The Bertz CT molecular complexity index is 597. The zero-order chi connectivity index (χ0) is 13.7. The van der Waals surface area contributed by atoms with Crippen LogP contribution >= 0.6 is 0 Å². The van der Waals surface area contributed by atoms with E-state index in [1.54, 1.807) is 12.1 Å².